The largest absolute Gasteiger partial charge is 0.353 e. The Morgan fingerprint density at radius 1 is 1.85 bits per heavy atom. The molecular formula is C6H11FNO3PS. The molecule has 0 aliphatic heterocycles. The lowest BCUT2D eigenvalue weighted by atomic mass is 10.7. The highest BCUT2D eigenvalue weighted by molar-refractivity contribution is 8.56. The summed E-state index contributed by atoms with van der Waals surface area (Å²) in [7, 11) is 1.19. The van der Waals surface area contributed by atoms with E-state index < -0.39 is 19.3 Å². The summed E-state index contributed by atoms with van der Waals surface area (Å²) in [5.74, 6) is -0.584. The van der Waals surface area contributed by atoms with E-state index in [1.807, 2.05) is 5.09 Å². The Balaban J connectivity index is 4.19. The zero-order valence-electron chi connectivity index (χ0n) is 7.16. The molecule has 0 bridgehead atoms. The van der Waals surface area contributed by atoms with Crippen LogP contribution in [0.5, 0.6) is 0 Å². The maximum atomic E-state index is 11.8. The molecule has 1 amide bonds. The molecule has 1 atom stereocenters. The molecule has 0 saturated carbocycles. The predicted molar refractivity (Wildman–Crippen MR) is 51.4 cm³/mol. The van der Waals surface area contributed by atoms with Gasteiger partial charge in [-0.3, -0.25) is 14.4 Å². The predicted octanol–water partition coefficient (Wildman–Crippen LogP) is 1.75. The van der Waals surface area contributed by atoms with E-state index in [0.717, 1.165) is 11.4 Å². The van der Waals surface area contributed by atoms with Crippen molar-refractivity contribution >= 4 is 24.0 Å². The Labute approximate surface area is 80.2 Å². The van der Waals surface area contributed by atoms with Gasteiger partial charge < -0.3 is 4.52 Å². The van der Waals surface area contributed by atoms with Gasteiger partial charge in [-0.1, -0.05) is 6.08 Å². The molecule has 0 aliphatic rings. The number of hydrogen-bond donors (Lipinski definition) is 1. The molecule has 0 aromatic heterocycles. The number of alkyl halides is 1. The summed E-state index contributed by atoms with van der Waals surface area (Å²) in [6.07, 6.45) is 1.51. The Bertz CT molecular complexity index is 236. The van der Waals surface area contributed by atoms with E-state index in [2.05, 4.69) is 11.1 Å². The van der Waals surface area contributed by atoms with E-state index in [9.17, 15) is 13.8 Å². The first-order valence-corrected chi connectivity index (χ1v) is 6.58. The topological polar surface area (TPSA) is 55.4 Å². The van der Waals surface area contributed by atoms with Crippen LogP contribution in [0.4, 0.5) is 4.39 Å². The maximum absolute atomic E-state index is 11.8. The molecule has 0 aliphatic carbocycles. The molecule has 4 nitrogen and oxygen atoms in total. The molecule has 0 aromatic rings. The third-order valence-corrected chi connectivity index (χ3v) is 4.90. The summed E-state index contributed by atoms with van der Waals surface area (Å²) < 4.78 is 27.8. The number of halogens is 1. The molecule has 1 unspecified atom stereocenters. The van der Waals surface area contributed by atoms with Crippen LogP contribution in [0.2, 0.25) is 0 Å². The van der Waals surface area contributed by atoms with Crippen molar-refractivity contribution < 1.29 is 18.3 Å². The van der Waals surface area contributed by atoms with E-state index in [0.29, 0.717) is 5.75 Å². The van der Waals surface area contributed by atoms with Crippen LogP contribution in [-0.2, 0) is 13.9 Å². The van der Waals surface area contributed by atoms with Gasteiger partial charge in [0.2, 0.25) is 0 Å². The van der Waals surface area contributed by atoms with Crippen LogP contribution in [0.1, 0.15) is 0 Å². The van der Waals surface area contributed by atoms with Crippen LogP contribution in [-0.4, -0.2) is 25.4 Å². The lowest BCUT2D eigenvalue weighted by molar-refractivity contribution is -0.120. The Morgan fingerprint density at radius 2 is 2.46 bits per heavy atom. The zero-order chi connectivity index (χ0) is 10.3. The van der Waals surface area contributed by atoms with Gasteiger partial charge >= 0.3 is 6.72 Å². The minimum atomic E-state index is -3.28. The van der Waals surface area contributed by atoms with Crippen LogP contribution in [0.3, 0.4) is 0 Å². The maximum Gasteiger partial charge on any atom is 0.353 e. The fourth-order valence-corrected chi connectivity index (χ4v) is 3.11. The molecule has 0 fully saturated rings. The number of rotatable bonds is 6. The molecule has 7 heteroatoms. The van der Waals surface area contributed by atoms with E-state index in [-0.39, 0.29) is 0 Å². The first-order chi connectivity index (χ1) is 6.08. The van der Waals surface area contributed by atoms with Crippen molar-refractivity contribution in [2.75, 3.05) is 19.5 Å². The average molecular weight is 227 g/mol. The third kappa shape index (κ3) is 5.08. The smallest absolute Gasteiger partial charge is 0.309 e. The number of carbonyl (C=O) groups excluding carboxylic acids is 1. The van der Waals surface area contributed by atoms with Crippen molar-refractivity contribution in [3.8, 4) is 0 Å². The Kier molecular flexibility index (Phi) is 6.03. The first-order valence-electron chi connectivity index (χ1n) is 3.36. The number of nitrogens with one attached hydrogen (secondary N) is 1. The van der Waals surface area contributed by atoms with Crippen LogP contribution in [0, 0.1) is 0 Å². The summed E-state index contributed by atoms with van der Waals surface area (Å²) in [5, 5.41) is 1.96. The second-order valence-corrected chi connectivity index (χ2v) is 6.33. The summed E-state index contributed by atoms with van der Waals surface area (Å²) >= 11 is 0.884. The Morgan fingerprint density at radius 3 is 2.85 bits per heavy atom. The van der Waals surface area contributed by atoms with Gasteiger partial charge in [-0.15, -0.1) is 6.58 Å². The molecule has 0 saturated heterocycles. The van der Waals surface area contributed by atoms with E-state index in [4.69, 9.17) is 0 Å². The molecule has 0 aromatic carbocycles. The van der Waals surface area contributed by atoms with Crippen LogP contribution >= 0.6 is 18.1 Å². The van der Waals surface area contributed by atoms with Crippen molar-refractivity contribution in [1.82, 2.24) is 5.09 Å². The number of hydrogen-bond acceptors (Lipinski definition) is 4. The standard InChI is InChI=1S/C6H11FNO3PS/c1-3-4-13-12(10,11-2)8-6(9)5-7/h3H,1,4-5H2,2H3,(H,8,9,10). The van der Waals surface area contributed by atoms with Gasteiger partial charge in [0.05, 0.1) is 0 Å². The molecular weight excluding hydrogens is 216 g/mol. The third-order valence-electron chi connectivity index (χ3n) is 0.986. The van der Waals surface area contributed by atoms with Crippen molar-refractivity contribution in [1.29, 1.82) is 0 Å². The van der Waals surface area contributed by atoms with Crippen molar-refractivity contribution in [2.45, 2.75) is 0 Å². The zero-order valence-corrected chi connectivity index (χ0v) is 8.87. The second kappa shape index (κ2) is 6.18. The number of carbonyl (C=O) groups is 1. The minimum Gasteiger partial charge on any atom is -0.309 e. The molecule has 1 N–H and O–H groups in total. The monoisotopic (exact) mass is 227 g/mol. The van der Waals surface area contributed by atoms with Gasteiger partial charge in [0.1, 0.15) is 0 Å². The minimum absolute atomic E-state index is 0.359. The number of amides is 1. The van der Waals surface area contributed by atoms with Gasteiger partial charge in [-0.05, 0) is 11.4 Å². The SMILES string of the molecule is C=CCSP(=O)(NC(=O)CF)OC. The van der Waals surface area contributed by atoms with Gasteiger partial charge in [0.25, 0.3) is 5.91 Å². The summed E-state index contributed by atoms with van der Waals surface area (Å²) in [5.41, 5.74) is 0. The highest BCUT2D eigenvalue weighted by Crippen LogP contribution is 2.54. The molecule has 0 heterocycles. The molecule has 13 heavy (non-hydrogen) atoms. The second-order valence-electron chi connectivity index (χ2n) is 1.93. The van der Waals surface area contributed by atoms with Crippen LogP contribution in [0.15, 0.2) is 12.7 Å². The summed E-state index contributed by atoms with van der Waals surface area (Å²) in [6.45, 7) is -1.08. The van der Waals surface area contributed by atoms with Crippen molar-refractivity contribution in [2.24, 2.45) is 0 Å². The van der Waals surface area contributed by atoms with Crippen LogP contribution < -0.4 is 5.09 Å². The fraction of sp³-hybridized carbons (Fsp3) is 0.500. The average Bonchev–Trinajstić information content (AvgIpc) is 2.14. The summed E-state index contributed by atoms with van der Waals surface area (Å²) in [4.78, 5) is 10.6. The van der Waals surface area contributed by atoms with Gasteiger partial charge in [-0.2, -0.15) is 0 Å². The quantitative estimate of drug-likeness (QED) is 0.554. The highest BCUT2D eigenvalue weighted by atomic mass is 32.7. The normalized spacial score (nSPS) is 14.6. The molecule has 0 rings (SSSR count). The first kappa shape index (κ1) is 12.7. The summed E-state index contributed by atoms with van der Waals surface area (Å²) in [6, 6.07) is 0. The van der Waals surface area contributed by atoms with Gasteiger partial charge in [0.15, 0.2) is 6.67 Å². The van der Waals surface area contributed by atoms with Crippen molar-refractivity contribution in [3.05, 3.63) is 12.7 Å². The molecule has 76 valence electrons. The Hall–Kier alpha value is -0.320. The molecule has 0 radical (unpaired) electrons. The lowest BCUT2D eigenvalue weighted by Crippen LogP contribution is -2.21. The van der Waals surface area contributed by atoms with Crippen LogP contribution in [0.25, 0.3) is 0 Å². The van der Waals surface area contributed by atoms with Gasteiger partial charge in [-0.25, -0.2) is 4.39 Å². The van der Waals surface area contributed by atoms with E-state index >= 15 is 0 Å². The van der Waals surface area contributed by atoms with Crippen molar-refractivity contribution in [3.63, 3.8) is 0 Å². The molecule has 0 spiro atoms. The van der Waals surface area contributed by atoms with Gasteiger partial charge in [0, 0.05) is 12.9 Å². The lowest BCUT2D eigenvalue weighted by Gasteiger charge is -2.14. The fourth-order valence-electron chi connectivity index (χ4n) is 0.464. The van der Waals surface area contributed by atoms with E-state index in [1.54, 1.807) is 0 Å². The van der Waals surface area contributed by atoms with E-state index in [1.165, 1.54) is 13.2 Å². The highest BCUT2D eigenvalue weighted by Gasteiger charge is 2.24.